The van der Waals surface area contributed by atoms with Crippen LogP contribution in [0.1, 0.15) is 0 Å². The summed E-state index contributed by atoms with van der Waals surface area (Å²) in [7, 11) is 0. The molecule has 5 heteroatoms. The van der Waals surface area contributed by atoms with E-state index in [2.05, 4.69) is 20.2 Å². The fourth-order valence-electron chi connectivity index (χ4n) is 1.62. The van der Waals surface area contributed by atoms with Crippen LogP contribution in [0.2, 0.25) is 0 Å². The quantitative estimate of drug-likeness (QED) is 0.520. The molecule has 0 saturated heterocycles. The van der Waals surface area contributed by atoms with Gasteiger partial charge in [0.1, 0.15) is 11.4 Å². The molecule has 0 saturated carbocycles. The van der Waals surface area contributed by atoms with E-state index in [1.165, 1.54) is 0 Å². The molecule has 0 radical (unpaired) electrons. The Labute approximate surface area is 85.3 Å². The number of nitrogens with zero attached hydrogens (tertiary/aromatic N) is 2. The molecular formula is C10H9N5. The molecule has 0 aliphatic heterocycles. The van der Waals surface area contributed by atoms with Crippen molar-refractivity contribution in [2.45, 2.75) is 0 Å². The third-order valence-electron chi connectivity index (χ3n) is 2.33. The van der Waals surface area contributed by atoms with E-state index in [1.807, 2.05) is 18.2 Å². The fourth-order valence-corrected chi connectivity index (χ4v) is 1.62. The van der Waals surface area contributed by atoms with Crippen LogP contribution in [0.4, 0.5) is 5.69 Å². The number of rotatable bonds is 1. The molecule has 3 rings (SSSR count). The lowest BCUT2D eigenvalue weighted by Gasteiger charge is -1.94. The van der Waals surface area contributed by atoms with Crippen LogP contribution in [0.15, 0.2) is 30.7 Å². The molecule has 0 aliphatic carbocycles. The minimum atomic E-state index is 0.723. The first-order valence-corrected chi connectivity index (χ1v) is 4.57. The van der Waals surface area contributed by atoms with Gasteiger partial charge < -0.3 is 10.7 Å². The van der Waals surface area contributed by atoms with Gasteiger partial charge in [-0.2, -0.15) is 5.10 Å². The maximum absolute atomic E-state index is 5.74. The summed E-state index contributed by atoms with van der Waals surface area (Å²) in [5.74, 6) is 0. The van der Waals surface area contributed by atoms with E-state index < -0.39 is 0 Å². The SMILES string of the molecule is Nc1ccc2[nH]nc(-c3c[nH]cn3)c2c1. The van der Waals surface area contributed by atoms with Gasteiger partial charge in [0.25, 0.3) is 0 Å². The number of nitrogens with two attached hydrogens (primary N) is 1. The summed E-state index contributed by atoms with van der Waals surface area (Å²) in [6.07, 6.45) is 3.43. The van der Waals surface area contributed by atoms with Crippen molar-refractivity contribution in [1.82, 2.24) is 20.2 Å². The average molecular weight is 199 g/mol. The van der Waals surface area contributed by atoms with Gasteiger partial charge in [0, 0.05) is 17.3 Å². The van der Waals surface area contributed by atoms with E-state index in [4.69, 9.17) is 5.73 Å². The van der Waals surface area contributed by atoms with Gasteiger partial charge in [-0.15, -0.1) is 0 Å². The van der Waals surface area contributed by atoms with Crippen molar-refractivity contribution in [3.05, 3.63) is 30.7 Å². The molecule has 2 heterocycles. The number of benzene rings is 1. The molecule has 0 unspecified atom stereocenters. The number of hydrogen-bond acceptors (Lipinski definition) is 3. The van der Waals surface area contributed by atoms with E-state index >= 15 is 0 Å². The van der Waals surface area contributed by atoms with Crippen LogP contribution >= 0.6 is 0 Å². The predicted octanol–water partition coefficient (Wildman–Crippen LogP) is 1.54. The van der Waals surface area contributed by atoms with Gasteiger partial charge >= 0.3 is 0 Å². The lowest BCUT2D eigenvalue weighted by Crippen LogP contribution is -1.83. The molecule has 1 aromatic carbocycles. The van der Waals surface area contributed by atoms with Crippen molar-refractivity contribution in [3.8, 4) is 11.4 Å². The van der Waals surface area contributed by atoms with Crippen molar-refractivity contribution in [1.29, 1.82) is 0 Å². The van der Waals surface area contributed by atoms with Crippen molar-refractivity contribution >= 4 is 16.6 Å². The van der Waals surface area contributed by atoms with Gasteiger partial charge in [-0.25, -0.2) is 4.98 Å². The van der Waals surface area contributed by atoms with Gasteiger partial charge in [0.2, 0.25) is 0 Å². The first-order valence-electron chi connectivity index (χ1n) is 4.57. The first kappa shape index (κ1) is 8.05. The summed E-state index contributed by atoms with van der Waals surface area (Å²) in [5.41, 5.74) is 9.05. The van der Waals surface area contributed by atoms with Gasteiger partial charge in [-0.05, 0) is 18.2 Å². The van der Waals surface area contributed by atoms with Crippen molar-refractivity contribution in [2.75, 3.05) is 5.73 Å². The third kappa shape index (κ3) is 1.17. The van der Waals surface area contributed by atoms with Crippen LogP contribution in [0, 0.1) is 0 Å². The Morgan fingerprint density at radius 1 is 1.27 bits per heavy atom. The molecule has 0 amide bonds. The van der Waals surface area contributed by atoms with Gasteiger partial charge in [-0.1, -0.05) is 0 Å². The lowest BCUT2D eigenvalue weighted by molar-refractivity contribution is 1.12. The number of aromatic amines is 2. The number of imidazole rings is 1. The van der Waals surface area contributed by atoms with Crippen LogP contribution in [-0.4, -0.2) is 20.2 Å². The molecule has 0 spiro atoms. The molecule has 5 nitrogen and oxygen atoms in total. The van der Waals surface area contributed by atoms with E-state index in [0.29, 0.717) is 0 Å². The zero-order chi connectivity index (χ0) is 10.3. The molecule has 2 aromatic heterocycles. The van der Waals surface area contributed by atoms with E-state index in [-0.39, 0.29) is 0 Å². The number of hydrogen-bond donors (Lipinski definition) is 3. The summed E-state index contributed by atoms with van der Waals surface area (Å²) >= 11 is 0. The van der Waals surface area contributed by atoms with Crippen LogP contribution in [0.3, 0.4) is 0 Å². The van der Waals surface area contributed by atoms with Gasteiger partial charge in [-0.3, -0.25) is 5.10 Å². The summed E-state index contributed by atoms with van der Waals surface area (Å²) < 4.78 is 0. The monoisotopic (exact) mass is 199 g/mol. The third-order valence-corrected chi connectivity index (χ3v) is 2.33. The molecule has 0 bridgehead atoms. The highest BCUT2D eigenvalue weighted by Gasteiger charge is 2.09. The van der Waals surface area contributed by atoms with Crippen LogP contribution in [0.5, 0.6) is 0 Å². The van der Waals surface area contributed by atoms with Crippen LogP contribution in [-0.2, 0) is 0 Å². The molecule has 0 aliphatic rings. The second kappa shape index (κ2) is 2.84. The first-order chi connectivity index (χ1) is 7.34. The Balaban J connectivity index is 2.32. The summed E-state index contributed by atoms with van der Waals surface area (Å²) in [5, 5.41) is 8.15. The minimum Gasteiger partial charge on any atom is -0.399 e. The molecule has 0 fully saturated rings. The number of nitrogen functional groups attached to an aromatic ring is 1. The number of anilines is 1. The zero-order valence-electron chi connectivity index (χ0n) is 7.86. The summed E-state index contributed by atoms with van der Waals surface area (Å²) in [4.78, 5) is 7.06. The lowest BCUT2D eigenvalue weighted by atomic mass is 10.1. The maximum atomic E-state index is 5.74. The number of H-pyrrole nitrogens is 2. The van der Waals surface area contributed by atoms with E-state index in [1.54, 1.807) is 12.5 Å². The smallest absolute Gasteiger partial charge is 0.120 e. The van der Waals surface area contributed by atoms with Crippen molar-refractivity contribution < 1.29 is 0 Å². The van der Waals surface area contributed by atoms with Crippen molar-refractivity contribution in [3.63, 3.8) is 0 Å². The highest BCUT2D eigenvalue weighted by molar-refractivity contribution is 5.93. The van der Waals surface area contributed by atoms with Crippen LogP contribution in [0.25, 0.3) is 22.3 Å². The second-order valence-electron chi connectivity index (χ2n) is 3.33. The van der Waals surface area contributed by atoms with Gasteiger partial charge in [0.05, 0.1) is 11.8 Å². The zero-order valence-corrected chi connectivity index (χ0v) is 7.86. The largest absolute Gasteiger partial charge is 0.399 e. The Morgan fingerprint density at radius 3 is 3.00 bits per heavy atom. The maximum Gasteiger partial charge on any atom is 0.120 e. The molecule has 4 N–H and O–H groups in total. The fraction of sp³-hybridized carbons (Fsp3) is 0. The number of aromatic nitrogens is 4. The topological polar surface area (TPSA) is 83.4 Å². The predicted molar refractivity (Wildman–Crippen MR) is 58.1 cm³/mol. The Kier molecular flexibility index (Phi) is 1.53. The molecule has 0 atom stereocenters. The molecule has 74 valence electrons. The second-order valence-corrected chi connectivity index (χ2v) is 3.33. The van der Waals surface area contributed by atoms with E-state index in [9.17, 15) is 0 Å². The normalized spacial score (nSPS) is 10.9. The Morgan fingerprint density at radius 2 is 2.20 bits per heavy atom. The highest BCUT2D eigenvalue weighted by atomic mass is 15.1. The summed E-state index contributed by atoms with van der Waals surface area (Å²) in [6, 6.07) is 5.64. The highest BCUT2D eigenvalue weighted by Crippen LogP contribution is 2.25. The summed E-state index contributed by atoms with van der Waals surface area (Å²) in [6.45, 7) is 0. The Bertz CT molecular complexity index is 593. The number of fused-ring (bicyclic) bond motifs is 1. The molecule has 3 aromatic rings. The molecular weight excluding hydrogens is 190 g/mol. The van der Waals surface area contributed by atoms with Crippen molar-refractivity contribution in [2.24, 2.45) is 0 Å². The number of nitrogens with one attached hydrogen (secondary N) is 2. The molecule has 15 heavy (non-hydrogen) atoms. The van der Waals surface area contributed by atoms with E-state index in [0.717, 1.165) is 28.0 Å². The standard InChI is InChI=1S/C10H9N5/c11-6-1-2-8-7(3-6)10(15-14-8)9-4-12-5-13-9/h1-5H,11H2,(H,12,13)(H,14,15). The van der Waals surface area contributed by atoms with Gasteiger partial charge in [0.15, 0.2) is 0 Å². The Hall–Kier alpha value is -2.30. The average Bonchev–Trinajstić information content (AvgIpc) is 2.83. The minimum absolute atomic E-state index is 0.723. The van der Waals surface area contributed by atoms with Crippen LogP contribution < -0.4 is 5.73 Å².